The molecule has 0 rings (SSSR count). The summed E-state index contributed by atoms with van der Waals surface area (Å²) in [7, 11) is -1.67. The molecular weight excluding hydrogens is 411 g/mol. The minimum absolute atomic E-state index is 0. The summed E-state index contributed by atoms with van der Waals surface area (Å²) < 4.78 is -3.58. The largest absolute Gasteiger partial charge is 0.432 e. The van der Waals surface area contributed by atoms with Gasteiger partial charge >= 0.3 is 0 Å². The van der Waals surface area contributed by atoms with Gasteiger partial charge in [0.1, 0.15) is 0 Å². The van der Waals surface area contributed by atoms with Crippen LogP contribution < -0.4 is 0 Å². The van der Waals surface area contributed by atoms with Crippen molar-refractivity contribution in [3.63, 3.8) is 0 Å². The predicted octanol–water partition coefficient (Wildman–Crippen LogP) is 4.50. The number of aliphatic hydroxyl groups excluding tert-OH is 1. The van der Waals surface area contributed by atoms with Gasteiger partial charge in [0.2, 0.25) is 3.79 Å². The van der Waals surface area contributed by atoms with Gasteiger partial charge in [0.15, 0.2) is 12.7 Å². The van der Waals surface area contributed by atoms with Crippen LogP contribution in [0.5, 0.6) is 0 Å². The molecule has 0 saturated heterocycles. The van der Waals surface area contributed by atoms with Crippen LogP contribution in [0.25, 0.3) is 0 Å². The number of hydrogen-bond acceptors (Lipinski definition) is 2. The number of aliphatic hydroxyl groups is 1. The molecule has 9 heteroatoms. The summed E-state index contributed by atoms with van der Waals surface area (Å²) in [6.45, 7) is 5.64. The van der Waals surface area contributed by atoms with E-state index in [0.717, 1.165) is 18.1 Å². The molecule has 0 fully saturated rings. The maximum Gasteiger partial charge on any atom is 0.225 e. The third kappa shape index (κ3) is 10.0. The molecule has 0 aliphatic carbocycles. The van der Waals surface area contributed by atoms with Crippen LogP contribution in [0.1, 0.15) is 20.8 Å². The maximum atomic E-state index is 9.58. The van der Waals surface area contributed by atoms with Crippen molar-refractivity contribution in [3.05, 3.63) is 0 Å². The first-order chi connectivity index (χ1) is 7.49. The Hall–Kier alpha value is 2.21. The van der Waals surface area contributed by atoms with E-state index < -0.39 is 23.1 Å². The van der Waals surface area contributed by atoms with E-state index in [1.165, 1.54) is 0 Å². The molecule has 0 atom stereocenters. The second-order valence-electron chi connectivity index (χ2n) is 3.65. The molecule has 0 aliphatic heterocycles. The minimum atomic E-state index is -1.86. The number of halogens is 5. The molecule has 0 saturated carbocycles. The molecule has 2 N–H and O–H groups in total. The van der Waals surface area contributed by atoms with Crippen molar-refractivity contribution in [3.8, 4) is 0 Å². The van der Waals surface area contributed by atoms with Crippen molar-refractivity contribution in [1.82, 2.24) is 0 Å². The van der Waals surface area contributed by atoms with Crippen LogP contribution in [0.2, 0.25) is 18.1 Å². The van der Waals surface area contributed by atoms with Crippen LogP contribution >= 0.6 is 58.0 Å². The smallest absolute Gasteiger partial charge is 0.225 e. The second-order valence-corrected chi connectivity index (χ2v) is 12.0. The number of hydrogen-bond donors (Lipinski definition) is 2. The van der Waals surface area contributed by atoms with Crippen molar-refractivity contribution >= 4 is 66.3 Å². The fourth-order valence-electron chi connectivity index (χ4n) is 0.840. The van der Waals surface area contributed by atoms with Crippen LogP contribution in [-0.2, 0) is 19.5 Å². The zero-order chi connectivity index (χ0) is 14.3. The van der Waals surface area contributed by atoms with Crippen molar-refractivity contribution in [1.29, 1.82) is 0 Å². The van der Waals surface area contributed by atoms with E-state index in [2.05, 4.69) is 20.8 Å². The molecule has 108 valence electrons. The molecule has 0 unspecified atom stereocenters. The zero-order valence-corrected chi connectivity index (χ0v) is 18.6. The summed E-state index contributed by atoms with van der Waals surface area (Å²) in [5.41, 5.74) is 0. The first kappa shape index (κ1) is 25.2. The fourth-order valence-corrected chi connectivity index (χ4v) is 2.52. The van der Waals surface area contributed by atoms with E-state index in [-0.39, 0.29) is 19.5 Å². The van der Waals surface area contributed by atoms with Gasteiger partial charge in [-0.15, -0.1) is 0 Å². The summed E-state index contributed by atoms with van der Waals surface area (Å²) in [5.74, 6) is 0. The van der Waals surface area contributed by atoms with Crippen LogP contribution in [0.3, 0.4) is 0 Å². The quantitative estimate of drug-likeness (QED) is 0.510. The molecule has 0 aromatic heterocycles. The van der Waals surface area contributed by atoms with E-state index in [1.807, 2.05) is 0 Å². The molecule has 0 spiro atoms. The van der Waals surface area contributed by atoms with Crippen LogP contribution in [-0.4, -0.2) is 33.0 Å². The molecule has 0 aromatic carbocycles. The molecular formula is C9H19Cl5O2SiZn. The fraction of sp³-hybridized carbons (Fsp3) is 1.00. The standard InChI is InChI=1S/C6H16OSi.C3H3Cl5O.Zn/c1-4-8(7,5-2)6-3;4-2(5,1-9)3(6,7)8;/h7H,4-6H2,1-3H3;9H,1H2;. The third-order valence-corrected chi connectivity index (χ3v) is 8.89. The first-order valence-corrected chi connectivity index (χ1v) is 9.73. The average Bonchev–Trinajstić information content (AvgIpc) is 2.27. The van der Waals surface area contributed by atoms with E-state index in [4.69, 9.17) is 63.1 Å². The van der Waals surface area contributed by atoms with Gasteiger partial charge in [-0.1, -0.05) is 78.8 Å². The van der Waals surface area contributed by atoms with Crippen molar-refractivity contribution in [2.75, 3.05) is 6.61 Å². The Morgan fingerprint density at radius 2 is 1.17 bits per heavy atom. The number of alkyl halides is 5. The summed E-state index contributed by atoms with van der Waals surface area (Å²) in [6, 6.07) is 3.04. The Morgan fingerprint density at radius 3 is 1.17 bits per heavy atom. The zero-order valence-electron chi connectivity index (χ0n) is 10.8. The molecule has 0 aliphatic rings. The SMILES string of the molecule is CC[Si](O)(CC)CC.OCC(Cl)(Cl)C(Cl)(Cl)Cl.[Zn]. The van der Waals surface area contributed by atoms with Crippen LogP contribution in [0.4, 0.5) is 0 Å². The van der Waals surface area contributed by atoms with Crippen molar-refractivity contribution < 1.29 is 29.4 Å². The summed E-state index contributed by atoms with van der Waals surface area (Å²) >= 11 is 26.3. The van der Waals surface area contributed by atoms with Gasteiger partial charge in [-0.25, -0.2) is 0 Å². The summed E-state index contributed by atoms with van der Waals surface area (Å²) in [5, 5.41) is 8.41. The Balaban J connectivity index is -0.000000238. The van der Waals surface area contributed by atoms with Gasteiger partial charge in [0, 0.05) is 19.5 Å². The van der Waals surface area contributed by atoms with Gasteiger partial charge in [-0.3, -0.25) is 0 Å². The van der Waals surface area contributed by atoms with Gasteiger partial charge in [-0.05, 0) is 18.1 Å². The molecule has 0 bridgehead atoms. The first-order valence-electron chi connectivity index (χ1n) is 5.27. The van der Waals surface area contributed by atoms with E-state index >= 15 is 0 Å². The molecule has 0 heterocycles. The average molecular weight is 430 g/mol. The Morgan fingerprint density at radius 1 is 0.889 bits per heavy atom. The van der Waals surface area contributed by atoms with Crippen molar-refractivity contribution in [2.24, 2.45) is 0 Å². The van der Waals surface area contributed by atoms with Gasteiger partial charge < -0.3 is 9.90 Å². The Bertz CT molecular complexity index is 201. The van der Waals surface area contributed by atoms with E-state index in [1.54, 1.807) is 0 Å². The molecule has 18 heavy (non-hydrogen) atoms. The van der Waals surface area contributed by atoms with Gasteiger partial charge in [0.05, 0.1) is 6.61 Å². The van der Waals surface area contributed by atoms with Gasteiger partial charge in [-0.2, -0.15) is 0 Å². The second kappa shape index (κ2) is 10.9. The normalized spacial score (nSPS) is 12.3. The third-order valence-electron chi connectivity index (χ3n) is 2.59. The minimum Gasteiger partial charge on any atom is -0.432 e. The van der Waals surface area contributed by atoms with Crippen LogP contribution in [0.15, 0.2) is 0 Å². The van der Waals surface area contributed by atoms with Gasteiger partial charge in [0.25, 0.3) is 0 Å². The Kier molecular flexibility index (Phi) is 15.2. The van der Waals surface area contributed by atoms with E-state index in [9.17, 15) is 4.80 Å². The molecule has 2 nitrogen and oxygen atoms in total. The van der Waals surface area contributed by atoms with Crippen LogP contribution in [0, 0.1) is 0 Å². The molecule has 0 aromatic rings. The predicted molar refractivity (Wildman–Crippen MR) is 81.2 cm³/mol. The topological polar surface area (TPSA) is 40.5 Å². The monoisotopic (exact) mass is 426 g/mol. The van der Waals surface area contributed by atoms with E-state index in [0.29, 0.717) is 0 Å². The maximum absolute atomic E-state index is 9.58. The Labute approximate surface area is 148 Å². The molecule has 0 amide bonds. The summed E-state index contributed by atoms with van der Waals surface area (Å²) in [6.07, 6.45) is 0. The summed E-state index contributed by atoms with van der Waals surface area (Å²) in [4.78, 5) is 9.58. The number of rotatable bonds is 4. The molecule has 0 radical (unpaired) electrons. The van der Waals surface area contributed by atoms with Crippen molar-refractivity contribution in [2.45, 2.75) is 47.0 Å².